The van der Waals surface area contributed by atoms with Crippen LogP contribution in [0.4, 0.5) is 9.59 Å². The molecule has 1 unspecified atom stereocenters. The van der Waals surface area contributed by atoms with Gasteiger partial charge in [0.1, 0.15) is 4.21 Å². The van der Waals surface area contributed by atoms with Gasteiger partial charge in [-0.15, -0.1) is 11.3 Å². The number of hydrogen-bond acceptors (Lipinski definition) is 5. The van der Waals surface area contributed by atoms with Crippen LogP contribution < -0.4 is 11.1 Å². The van der Waals surface area contributed by atoms with E-state index in [0.717, 1.165) is 10.4 Å². The minimum Gasteiger partial charge on any atom is -0.465 e. The molecule has 30 heavy (non-hydrogen) atoms. The Morgan fingerprint density at radius 2 is 1.70 bits per heavy atom. The standard InChI is InChI=1S/C18H22BrNO4S2.CH3NO2/c1-11-13(10-14(18(2,3)4)20-17(21)22)25-16(15(11)19)26(23,24)12-8-6-5-7-9-12;2-1(3)4/h5-9,14,20H,10H2,1-4H3,(H,21,22);2H2,(H,3,4). The van der Waals surface area contributed by atoms with Gasteiger partial charge < -0.3 is 21.3 Å². The molecule has 8 nitrogen and oxygen atoms in total. The van der Waals surface area contributed by atoms with Crippen LogP contribution in [0.25, 0.3) is 0 Å². The fourth-order valence-corrected chi connectivity index (χ4v) is 6.86. The highest BCUT2D eigenvalue weighted by molar-refractivity contribution is 9.10. The summed E-state index contributed by atoms with van der Waals surface area (Å²) in [6, 6.07) is 7.95. The number of sulfone groups is 1. The Labute approximate surface area is 188 Å². The van der Waals surface area contributed by atoms with Crippen molar-refractivity contribution in [2.75, 3.05) is 0 Å². The van der Waals surface area contributed by atoms with E-state index in [-0.39, 0.29) is 20.6 Å². The molecule has 166 valence electrons. The first-order valence-electron chi connectivity index (χ1n) is 8.73. The van der Waals surface area contributed by atoms with E-state index in [2.05, 4.69) is 27.0 Å². The summed E-state index contributed by atoms with van der Waals surface area (Å²) in [5.41, 5.74) is 4.55. The molecule has 1 atom stereocenters. The molecule has 0 aliphatic rings. The fraction of sp³-hybridized carbons (Fsp3) is 0.368. The van der Waals surface area contributed by atoms with Gasteiger partial charge in [-0.3, -0.25) is 0 Å². The molecule has 5 N–H and O–H groups in total. The highest BCUT2D eigenvalue weighted by Crippen LogP contribution is 2.40. The zero-order valence-electron chi connectivity index (χ0n) is 17.0. The zero-order chi connectivity index (χ0) is 23.3. The third-order valence-corrected chi connectivity index (χ3v) is 9.29. The van der Waals surface area contributed by atoms with Crippen LogP contribution in [-0.4, -0.2) is 36.9 Å². The number of primary amides is 1. The van der Waals surface area contributed by atoms with E-state index in [0.29, 0.717) is 10.9 Å². The van der Waals surface area contributed by atoms with Crippen molar-refractivity contribution in [2.24, 2.45) is 11.1 Å². The number of rotatable bonds is 5. The second-order valence-electron chi connectivity index (χ2n) is 7.48. The Bertz CT molecular complexity index is 994. The lowest BCUT2D eigenvalue weighted by molar-refractivity contribution is 0.174. The van der Waals surface area contributed by atoms with Crippen molar-refractivity contribution in [2.45, 2.75) is 49.3 Å². The second kappa shape index (κ2) is 10.3. The van der Waals surface area contributed by atoms with Crippen LogP contribution in [0.15, 0.2) is 43.9 Å². The number of carboxylic acid groups (broad SMARTS) is 2. The number of benzene rings is 1. The normalized spacial score (nSPS) is 12.4. The molecule has 0 aliphatic heterocycles. The van der Waals surface area contributed by atoms with Crippen molar-refractivity contribution >= 4 is 49.3 Å². The first-order valence-corrected chi connectivity index (χ1v) is 11.8. The lowest BCUT2D eigenvalue weighted by Crippen LogP contribution is -2.44. The second-order valence-corrected chi connectivity index (χ2v) is 11.5. The molecule has 1 aromatic heterocycles. The maximum absolute atomic E-state index is 13.0. The molecule has 0 spiro atoms. The molecule has 0 radical (unpaired) electrons. The minimum absolute atomic E-state index is 0.240. The molecule has 0 saturated carbocycles. The average Bonchev–Trinajstić information content (AvgIpc) is 2.89. The third kappa shape index (κ3) is 6.99. The van der Waals surface area contributed by atoms with Crippen molar-refractivity contribution in [3.05, 3.63) is 45.2 Å². The van der Waals surface area contributed by atoms with Crippen molar-refractivity contribution in [1.82, 2.24) is 5.32 Å². The van der Waals surface area contributed by atoms with E-state index in [1.54, 1.807) is 30.3 Å². The van der Waals surface area contributed by atoms with Crippen LogP contribution in [0.5, 0.6) is 0 Å². The van der Waals surface area contributed by atoms with Crippen LogP contribution in [0, 0.1) is 12.3 Å². The van der Waals surface area contributed by atoms with Gasteiger partial charge in [0.05, 0.1) is 9.37 Å². The minimum atomic E-state index is -3.63. The summed E-state index contributed by atoms with van der Waals surface area (Å²) >= 11 is 4.61. The van der Waals surface area contributed by atoms with Gasteiger partial charge >= 0.3 is 12.2 Å². The van der Waals surface area contributed by atoms with Crippen LogP contribution in [0.3, 0.4) is 0 Å². The number of hydrogen-bond donors (Lipinski definition) is 4. The molecule has 2 aromatic rings. The maximum atomic E-state index is 13.0. The number of halogens is 1. The van der Waals surface area contributed by atoms with Gasteiger partial charge in [-0.05, 0) is 46.0 Å². The Hall–Kier alpha value is -2.11. The Morgan fingerprint density at radius 3 is 2.13 bits per heavy atom. The number of thiophene rings is 1. The predicted octanol–water partition coefficient (Wildman–Crippen LogP) is 4.50. The molecule has 2 amide bonds. The van der Waals surface area contributed by atoms with Crippen molar-refractivity contribution in [3.63, 3.8) is 0 Å². The lowest BCUT2D eigenvalue weighted by Gasteiger charge is -2.30. The summed E-state index contributed by atoms with van der Waals surface area (Å²) < 4.78 is 26.7. The van der Waals surface area contributed by atoms with Crippen molar-refractivity contribution in [3.8, 4) is 0 Å². The highest BCUT2D eigenvalue weighted by atomic mass is 79.9. The monoisotopic (exact) mass is 520 g/mol. The average molecular weight is 521 g/mol. The van der Waals surface area contributed by atoms with Crippen molar-refractivity contribution in [1.29, 1.82) is 0 Å². The van der Waals surface area contributed by atoms with Gasteiger partial charge in [0, 0.05) is 17.3 Å². The van der Waals surface area contributed by atoms with Crippen LogP contribution in [0.1, 0.15) is 31.2 Å². The first-order chi connectivity index (χ1) is 13.7. The third-order valence-electron chi connectivity index (χ3n) is 4.17. The van der Waals surface area contributed by atoms with E-state index in [1.807, 2.05) is 27.7 Å². The molecular formula is C19H25BrN2O6S2. The predicted molar refractivity (Wildman–Crippen MR) is 119 cm³/mol. The van der Waals surface area contributed by atoms with E-state index in [1.165, 1.54) is 11.3 Å². The number of carbonyl (C=O) groups is 2. The summed E-state index contributed by atoms with van der Waals surface area (Å²) in [6.07, 6.45) is -2.00. The number of nitrogens with two attached hydrogens (primary N) is 1. The lowest BCUT2D eigenvalue weighted by atomic mass is 9.84. The Kier molecular flexibility index (Phi) is 8.88. The smallest absolute Gasteiger partial charge is 0.404 e. The van der Waals surface area contributed by atoms with Crippen LogP contribution in [-0.2, 0) is 16.3 Å². The maximum Gasteiger partial charge on any atom is 0.404 e. The fourth-order valence-electron chi connectivity index (χ4n) is 2.49. The summed E-state index contributed by atoms with van der Waals surface area (Å²) in [5, 5.41) is 18.9. The molecule has 0 saturated heterocycles. The van der Waals surface area contributed by atoms with Gasteiger partial charge in [-0.2, -0.15) is 0 Å². The van der Waals surface area contributed by atoms with E-state index < -0.39 is 22.0 Å². The van der Waals surface area contributed by atoms with Gasteiger partial charge in [-0.25, -0.2) is 18.0 Å². The SMILES string of the molecule is Cc1c(CC(NC(=O)O)C(C)(C)C)sc(S(=O)(=O)c2ccccc2)c1Br.NC(=O)O. The molecule has 1 aromatic carbocycles. The quantitative estimate of drug-likeness (QED) is 0.456. The van der Waals surface area contributed by atoms with E-state index in [4.69, 9.17) is 15.0 Å². The van der Waals surface area contributed by atoms with Gasteiger partial charge in [0.25, 0.3) is 0 Å². The number of amides is 2. The zero-order valence-corrected chi connectivity index (χ0v) is 20.2. The summed E-state index contributed by atoms with van der Waals surface area (Å²) in [6.45, 7) is 7.70. The van der Waals surface area contributed by atoms with E-state index in [9.17, 15) is 13.2 Å². The van der Waals surface area contributed by atoms with Crippen LogP contribution >= 0.6 is 27.3 Å². The Balaban J connectivity index is 0.00000103. The van der Waals surface area contributed by atoms with Gasteiger partial charge in [0.15, 0.2) is 0 Å². The molecule has 0 aliphatic carbocycles. The first kappa shape index (κ1) is 25.9. The molecule has 2 rings (SSSR count). The van der Waals surface area contributed by atoms with Gasteiger partial charge in [-0.1, -0.05) is 39.0 Å². The molecule has 0 bridgehead atoms. The largest absolute Gasteiger partial charge is 0.465 e. The highest BCUT2D eigenvalue weighted by Gasteiger charge is 2.31. The van der Waals surface area contributed by atoms with Crippen molar-refractivity contribution < 1.29 is 28.2 Å². The molecule has 0 fully saturated rings. The Morgan fingerprint density at radius 1 is 1.20 bits per heavy atom. The summed E-state index contributed by atoms with van der Waals surface area (Å²) in [5.74, 6) is 0. The molecular weight excluding hydrogens is 496 g/mol. The van der Waals surface area contributed by atoms with E-state index >= 15 is 0 Å². The summed E-state index contributed by atoms with van der Waals surface area (Å²) in [4.78, 5) is 21.0. The number of nitrogens with one attached hydrogen (secondary N) is 1. The molecule has 11 heteroatoms. The summed E-state index contributed by atoms with van der Waals surface area (Å²) in [7, 11) is -3.63. The molecule has 1 heterocycles. The topological polar surface area (TPSA) is 147 Å². The van der Waals surface area contributed by atoms with Gasteiger partial charge in [0.2, 0.25) is 9.84 Å². The van der Waals surface area contributed by atoms with Crippen LogP contribution in [0.2, 0.25) is 0 Å².